The van der Waals surface area contributed by atoms with Gasteiger partial charge in [-0.3, -0.25) is 9.80 Å². The van der Waals surface area contributed by atoms with Crippen LogP contribution in [0.4, 0.5) is 0 Å². The van der Waals surface area contributed by atoms with Gasteiger partial charge in [0.25, 0.3) is 0 Å². The van der Waals surface area contributed by atoms with Crippen LogP contribution in [0.15, 0.2) is 4.52 Å². The molecule has 2 aromatic rings. The quantitative estimate of drug-likeness (QED) is 0.817. The average molecular weight is 343 g/mol. The Hall–Kier alpha value is -1.80. The van der Waals surface area contributed by atoms with Gasteiger partial charge in [-0.2, -0.15) is 4.98 Å². The van der Waals surface area contributed by atoms with Crippen molar-refractivity contribution in [3.05, 3.63) is 23.4 Å². The lowest BCUT2D eigenvalue weighted by Gasteiger charge is -2.37. The molecule has 5 rings (SSSR count). The van der Waals surface area contributed by atoms with Crippen LogP contribution in [0.2, 0.25) is 0 Å². The van der Waals surface area contributed by atoms with E-state index in [0.29, 0.717) is 23.7 Å². The van der Waals surface area contributed by atoms with Crippen molar-refractivity contribution in [2.24, 2.45) is 0 Å². The van der Waals surface area contributed by atoms with Gasteiger partial charge in [0, 0.05) is 31.6 Å². The molecule has 2 aromatic heterocycles. The fraction of sp³-hybridized carbons (Fsp3) is 0.765. The van der Waals surface area contributed by atoms with Crippen molar-refractivity contribution >= 4 is 0 Å². The van der Waals surface area contributed by atoms with Crippen LogP contribution < -0.4 is 0 Å². The molecular weight excluding hydrogens is 318 g/mol. The van der Waals surface area contributed by atoms with E-state index < -0.39 is 0 Å². The van der Waals surface area contributed by atoms with Crippen LogP contribution in [-0.2, 0) is 6.54 Å². The topological polar surface area (TPSA) is 76.1 Å². The maximum absolute atomic E-state index is 5.43. The zero-order valence-electron chi connectivity index (χ0n) is 14.9. The molecule has 3 heterocycles. The van der Waals surface area contributed by atoms with E-state index in [-0.39, 0.29) is 6.04 Å². The third-order valence-electron chi connectivity index (χ3n) is 5.57. The monoisotopic (exact) mass is 343 g/mol. The van der Waals surface area contributed by atoms with E-state index in [2.05, 4.69) is 41.8 Å². The molecular formula is C17H25N7O. The largest absolute Gasteiger partial charge is 0.338 e. The predicted molar refractivity (Wildman–Crippen MR) is 90.0 cm³/mol. The lowest BCUT2D eigenvalue weighted by atomic mass is 10.1. The third-order valence-corrected chi connectivity index (χ3v) is 5.57. The van der Waals surface area contributed by atoms with Crippen LogP contribution >= 0.6 is 0 Å². The summed E-state index contributed by atoms with van der Waals surface area (Å²) in [6, 6.07) is 0.789. The summed E-state index contributed by atoms with van der Waals surface area (Å²) in [6.07, 6.45) is 5.10. The standard InChI is InChI=1S/C17H25N7O/c1-11-18-17(25-21-11)14-9-23(8-7-22(14)2)10-15-19-20-16(12-3-4-12)24(15)13-5-6-13/h12-14H,3-10H2,1-2H3/t14-/m1/s1. The fourth-order valence-corrected chi connectivity index (χ4v) is 3.78. The van der Waals surface area contributed by atoms with E-state index in [4.69, 9.17) is 4.52 Å². The maximum Gasteiger partial charge on any atom is 0.245 e. The van der Waals surface area contributed by atoms with Crippen LogP contribution in [0.5, 0.6) is 0 Å². The van der Waals surface area contributed by atoms with Crippen LogP contribution in [-0.4, -0.2) is 61.4 Å². The van der Waals surface area contributed by atoms with Crippen LogP contribution in [0, 0.1) is 6.92 Å². The maximum atomic E-state index is 5.43. The van der Waals surface area contributed by atoms with E-state index in [1.54, 1.807) is 0 Å². The summed E-state index contributed by atoms with van der Waals surface area (Å²) in [7, 11) is 2.12. The molecule has 2 saturated carbocycles. The van der Waals surface area contributed by atoms with E-state index >= 15 is 0 Å². The number of hydrogen-bond acceptors (Lipinski definition) is 7. The van der Waals surface area contributed by atoms with Gasteiger partial charge in [-0.15, -0.1) is 10.2 Å². The number of piperazine rings is 1. The first-order chi connectivity index (χ1) is 12.2. The molecule has 3 aliphatic rings. The molecule has 25 heavy (non-hydrogen) atoms. The van der Waals surface area contributed by atoms with Crippen LogP contribution in [0.25, 0.3) is 0 Å². The number of aromatic nitrogens is 5. The Morgan fingerprint density at radius 1 is 1.12 bits per heavy atom. The zero-order valence-corrected chi connectivity index (χ0v) is 14.9. The van der Waals surface area contributed by atoms with Crippen molar-refractivity contribution in [2.45, 2.75) is 57.2 Å². The van der Waals surface area contributed by atoms with Gasteiger partial charge in [-0.05, 0) is 39.7 Å². The Kier molecular flexibility index (Phi) is 3.63. The van der Waals surface area contributed by atoms with Gasteiger partial charge in [0.15, 0.2) is 5.82 Å². The van der Waals surface area contributed by atoms with Gasteiger partial charge < -0.3 is 9.09 Å². The van der Waals surface area contributed by atoms with Gasteiger partial charge in [0.05, 0.1) is 6.54 Å². The summed E-state index contributed by atoms with van der Waals surface area (Å²) in [6.45, 7) is 5.61. The fourth-order valence-electron chi connectivity index (χ4n) is 3.78. The van der Waals surface area contributed by atoms with E-state index in [0.717, 1.165) is 32.0 Å². The first kappa shape index (κ1) is 15.5. The molecule has 1 aliphatic heterocycles. The second-order valence-electron chi connectivity index (χ2n) is 7.76. The molecule has 0 bridgehead atoms. The van der Waals surface area contributed by atoms with Gasteiger partial charge in [0.1, 0.15) is 17.7 Å². The number of likely N-dealkylation sites (N-methyl/N-ethyl adjacent to an activating group) is 1. The Balaban J connectivity index is 1.34. The second kappa shape index (κ2) is 5.88. The highest BCUT2D eigenvalue weighted by atomic mass is 16.5. The summed E-state index contributed by atoms with van der Waals surface area (Å²) >= 11 is 0. The van der Waals surface area contributed by atoms with E-state index in [1.807, 2.05) is 6.92 Å². The molecule has 8 heteroatoms. The Morgan fingerprint density at radius 2 is 1.96 bits per heavy atom. The summed E-state index contributed by atoms with van der Waals surface area (Å²) in [5, 5.41) is 13.0. The van der Waals surface area contributed by atoms with Crippen molar-refractivity contribution in [1.29, 1.82) is 0 Å². The minimum Gasteiger partial charge on any atom is -0.338 e. The minimum atomic E-state index is 0.148. The smallest absolute Gasteiger partial charge is 0.245 e. The third kappa shape index (κ3) is 2.97. The second-order valence-corrected chi connectivity index (χ2v) is 7.76. The number of hydrogen-bond donors (Lipinski definition) is 0. The summed E-state index contributed by atoms with van der Waals surface area (Å²) < 4.78 is 7.87. The first-order valence-corrected chi connectivity index (χ1v) is 9.35. The number of rotatable bonds is 5. The van der Waals surface area contributed by atoms with Crippen molar-refractivity contribution in [3.63, 3.8) is 0 Å². The normalized spacial score (nSPS) is 25.6. The van der Waals surface area contributed by atoms with Crippen molar-refractivity contribution in [2.75, 3.05) is 26.7 Å². The molecule has 2 aliphatic carbocycles. The van der Waals surface area contributed by atoms with E-state index in [9.17, 15) is 0 Å². The molecule has 134 valence electrons. The molecule has 1 saturated heterocycles. The van der Waals surface area contributed by atoms with Gasteiger partial charge in [-0.25, -0.2) is 0 Å². The highest BCUT2D eigenvalue weighted by Crippen LogP contribution is 2.44. The highest BCUT2D eigenvalue weighted by Gasteiger charge is 2.37. The molecule has 0 unspecified atom stereocenters. The summed E-state index contributed by atoms with van der Waals surface area (Å²) in [5.41, 5.74) is 0. The molecule has 0 radical (unpaired) electrons. The predicted octanol–water partition coefficient (Wildman–Crippen LogP) is 1.67. The minimum absolute atomic E-state index is 0.148. The molecule has 0 aromatic carbocycles. The lowest BCUT2D eigenvalue weighted by molar-refractivity contribution is 0.0691. The number of nitrogens with zero attached hydrogens (tertiary/aromatic N) is 7. The van der Waals surface area contributed by atoms with Crippen molar-refractivity contribution in [3.8, 4) is 0 Å². The molecule has 0 N–H and O–H groups in total. The Bertz CT molecular complexity index is 761. The summed E-state index contributed by atoms with van der Waals surface area (Å²) in [4.78, 5) is 9.18. The molecule has 0 spiro atoms. The molecule has 8 nitrogen and oxygen atoms in total. The van der Waals surface area contributed by atoms with Gasteiger partial charge in [0.2, 0.25) is 5.89 Å². The average Bonchev–Trinajstić information content (AvgIpc) is 3.53. The highest BCUT2D eigenvalue weighted by molar-refractivity contribution is 5.12. The van der Waals surface area contributed by atoms with Gasteiger partial charge >= 0.3 is 0 Å². The Morgan fingerprint density at radius 3 is 2.64 bits per heavy atom. The Labute approximate surface area is 147 Å². The first-order valence-electron chi connectivity index (χ1n) is 9.35. The van der Waals surface area contributed by atoms with E-state index in [1.165, 1.54) is 31.5 Å². The zero-order chi connectivity index (χ0) is 17.0. The van der Waals surface area contributed by atoms with Crippen molar-refractivity contribution < 1.29 is 4.52 Å². The molecule has 1 atom stereocenters. The lowest BCUT2D eigenvalue weighted by Crippen LogP contribution is -2.46. The van der Waals surface area contributed by atoms with Crippen molar-refractivity contribution in [1.82, 2.24) is 34.7 Å². The van der Waals surface area contributed by atoms with Crippen LogP contribution in [0.1, 0.15) is 67.0 Å². The van der Waals surface area contributed by atoms with Gasteiger partial charge in [-0.1, -0.05) is 5.16 Å². The summed E-state index contributed by atoms with van der Waals surface area (Å²) in [5.74, 6) is 4.43. The SMILES string of the molecule is Cc1noc([C@H]2CN(Cc3nnc(C4CC4)n3C3CC3)CCN2C)n1. The van der Waals surface area contributed by atoms with Crippen LogP contribution in [0.3, 0.4) is 0 Å². The number of aryl methyl sites for hydroxylation is 1. The molecule has 0 amide bonds. The molecule has 3 fully saturated rings.